The second kappa shape index (κ2) is 5.78. The molecule has 1 aromatic rings. The summed E-state index contributed by atoms with van der Waals surface area (Å²) < 4.78 is 21.4. The molecule has 6 nitrogen and oxygen atoms in total. The van der Waals surface area contributed by atoms with Gasteiger partial charge in [-0.2, -0.15) is 0 Å². The van der Waals surface area contributed by atoms with Crippen molar-refractivity contribution >= 4 is 6.16 Å². The van der Waals surface area contributed by atoms with Crippen molar-refractivity contribution in [2.45, 2.75) is 37.6 Å². The number of carbonyl (C=O) groups is 1. The van der Waals surface area contributed by atoms with Gasteiger partial charge in [-0.05, 0) is 5.56 Å². The second-order valence-electron chi connectivity index (χ2n) is 4.83. The zero-order valence-corrected chi connectivity index (χ0v) is 10.8. The van der Waals surface area contributed by atoms with Crippen molar-refractivity contribution in [2.24, 2.45) is 0 Å². The van der Waals surface area contributed by atoms with Crippen LogP contribution in [0.15, 0.2) is 30.3 Å². The van der Waals surface area contributed by atoms with E-state index in [0.29, 0.717) is 13.0 Å². The van der Waals surface area contributed by atoms with E-state index in [1.807, 2.05) is 30.3 Å². The second-order valence-corrected chi connectivity index (χ2v) is 4.83. The van der Waals surface area contributed by atoms with Crippen molar-refractivity contribution in [1.82, 2.24) is 0 Å². The lowest BCUT2D eigenvalue weighted by Crippen LogP contribution is -2.48. The summed E-state index contributed by atoms with van der Waals surface area (Å²) in [5.41, 5.74) is 0.990. The lowest BCUT2D eigenvalue weighted by atomic mass is 10.0. The van der Waals surface area contributed by atoms with E-state index in [1.165, 1.54) is 0 Å². The third-order valence-corrected chi connectivity index (χ3v) is 3.40. The van der Waals surface area contributed by atoms with Crippen LogP contribution in [0.5, 0.6) is 0 Å². The molecule has 20 heavy (non-hydrogen) atoms. The van der Waals surface area contributed by atoms with Crippen LogP contribution in [0.1, 0.15) is 12.0 Å². The molecule has 0 saturated carbocycles. The number of aliphatic hydroxyl groups excluding tert-OH is 1. The van der Waals surface area contributed by atoms with Gasteiger partial charge < -0.3 is 24.1 Å². The van der Waals surface area contributed by atoms with E-state index in [-0.39, 0.29) is 6.61 Å². The van der Waals surface area contributed by atoms with Gasteiger partial charge in [-0.1, -0.05) is 30.3 Å². The Morgan fingerprint density at radius 2 is 2.05 bits per heavy atom. The first-order valence-corrected chi connectivity index (χ1v) is 6.55. The van der Waals surface area contributed by atoms with Crippen molar-refractivity contribution in [2.75, 3.05) is 6.61 Å². The van der Waals surface area contributed by atoms with Crippen LogP contribution in [0, 0.1) is 0 Å². The summed E-state index contributed by atoms with van der Waals surface area (Å²) in [5, 5.41) is 9.22. The monoisotopic (exact) mass is 280 g/mol. The van der Waals surface area contributed by atoms with Crippen LogP contribution >= 0.6 is 0 Å². The quantitative estimate of drug-likeness (QED) is 0.836. The number of benzene rings is 1. The van der Waals surface area contributed by atoms with Crippen LogP contribution in [0.25, 0.3) is 0 Å². The third-order valence-electron chi connectivity index (χ3n) is 3.40. The van der Waals surface area contributed by atoms with E-state index in [9.17, 15) is 9.90 Å². The largest absolute Gasteiger partial charge is 0.509 e. The van der Waals surface area contributed by atoms with Gasteiger partial charge in [0.2, 0.25) is 0 Å². The molecule has 3 rings (SSSR count). The minimum atomic E-state index is -0.724. The molecule has 6 heteroatoms. The number of hydrogen-bond acceptors (Lipinski definition) is 6. The minimum absolute atomic E-state index is 0.147. The fourth-order valence-electron chi connectivity index (χ4n) is 2.40. The van der Waals surface area contributed by atoms with Gasteiger partial charge in [0, 0.05) is 6.42 Å². The Labute approximate surface area is 116 Å². The molecule has 2 aliphatic heterocycles. The van der Waals surface area contributed by atoms with Gasteiger partial charge in [0.25, 0.3) is 0 Å². The average Bonchev–Trinajstić information content (AvgIpc) is 2.86. The molecule has 108 valence electrons. The Kier molecular flexibility index (Phi) is 3.86. The highest BCUT2D eigenvalue weighted by molar-refractivity contribution is 5.62. The Morgan fingerprint density at radius 1 is 1.25 bits per heavy atom. The van der Waals surface area contributed by atoms with E-state index in [1.54, 1.807) is 0 Å². The number of fused-ring (bicyclic) bond motifs is 1. The smallest absolute Gasteiger partial charge is 0.427 e. The molecule has 2 heterocycles. The van der Waals surface area contributed by atoms with E-state index in [2.05, 4.69) is 0 Å². The fourth-order valence-corrected chi connectivity index (χ4v) is 2.40. The predicted octanol–water partition coefficient (Wildman–Crippen LogP) is 1.21. The first-order valence-electron chi connectivity index (χ1n) is 6.55. The standard InChI is InChI=1S/C14H16O6/c15-7-10-6-11-12(20-14(16)19-11)13(18-10)17-8-9-4-2-1-3-5-9/h1-5,10-13,15H,6-8H2/t10-,11+,12+,13?/m0/s1. The molecule has 0 radical (unpaired) electrons. The van der Waals surface area contributed by atoms with Crippen molar-refractivity contribution in [3.8, 4) is 0 Å². The Morgan fingerprint density at radius 3 is 2.80 bits per heavy atom. The van der Waals surface area contributed by atoms with Gasteiger partial charge in [0.05, 0.1) is 19.3 Å². The van der Waals surface area contributed by atoms with E-state index in [4.69, 9.17) is 18.9 Å². The van der Waals surface area contributed by atoms with Crippen molar-refractivity contribution in [3.63, 3.8) is 0 Å². The molecule has 0 bridgehead atoms. The van der Waals surface area contributed by atoms with E-state index < -0.39 is 30.8 Å². The molecule has 2 fully saturated rings. The molecule has 0 aromatic heterocycles. The molecular formula is C14H16O6. The highest BCUT2D eigenvalue weighted by Crippen LogP contribution is 2.31. The molecule has 2 aliphatic rings. The van der Waals surface area contributed by atoms with Crippen LogP contribution in [0.3, 0.4) is 0 Å². The molecule has 1 aromatic carbocycles. The molecule has 0 aliphatic carbocycles. The van der Waals surface area contributed by atoms with Crippen LogP contribution in [0.4, 0.5) is 4.79 Å². The van der Waals surface area contributed by atoms with E-state index >= 15 is 0 Å². The number of carbonyl (C=O) groups excluding carboxylic acids is 1. The Bertz CT molecular complexity index is 462. The lowest BCUT2D eigenvalue weighted by molar-refractivity contribution is -0.253. The van der Waals surface area contributed by atoms with Crippen LogP contribution in [0.2, 0.25) is 0 Å². The Hall–Kier alpha value is -1.63. The van der Waals surface area contributed by atoms with Crippen molar-refractivity contribution in [3.05, 3.63) is 35.9 Å². The summed E-state index contributed by atoms with van der Waals surface area (Å²) in [5.74, 6) is 0. The zero-order valence-electron chi connectivity index (χ0n) is 10.8. The first kappa shape index (κ1) is 13.4. The number of ether oxygens (including phenoxy) is 4. The molecule has 2 saturated heterocycles. The van der Waals surface area contributed by atoms with Crippen LogP contribution < -0.4 is 0 Å². The van der Waals surface area contributed by atoms with Crippen molar-refractivity contribution < 1.29 is 28.8 Å². The fraction of sp³-hybridized carbons (Fsp3) is 0.500. The average molecular weight is 280 g/mol. The predicted molar refractivity (Wildman–Crippen MR) is 66.7 cm³/mol. The normalized spacial score (nSPS) is 32.4. The van der Waals surface area contributed by atoms with Gasteiger partial charge in [-0.3, -0.25) is 0 Å². The number of hydrogen-bond donors (Lipinski definition) is 1. The lowest BCUT2D eigenvalue weighted by Gasteiger charge is -2.34. The molecular weight excluding hydrogens is 264 g/mol. The maximum Gasteiger partial charge on any atom is 0.509 e. The molecule has 0 spiro atoms. The topological polar surface area (TPSA) is 74.2 Å². The highest BCUT2D eigenvalue weighted by Gasteiger charge is 2.48. The first-order chi connectivity index (χ1) is 9.76. The van der Waals surface area contributed by atoms with Gasteiger partial charge in [0.15, 0.2) is 18.5 Å². The molecule has 0 amide bonds. The van der Waals surface area contributed by atoms with Gasteiger partial charge in [-0.25, -0.2) is 4.79 Å². The summed E-state index contributed by atoms with van der Waals surface area (Å²) >= 11 is 0. The Balaban J connectivity index is 1.65. The van der Waals surface area contributed by atoms with Gasteiger partial charge >= 0.3 is 6.16 Å². The summed E-state index contributed by atoms with van der Waals surface area (Å²) in [6.45, 7) is 0.191. The molecule has 4 atom stereocenters. The van der Waals surface area contributed by atoms with Gasteiger partial charge in [0.1, 0.15) is 0 Å². The zero-order chi connectivity index (χ0) is 13.9. The summed E-state index contributed by atoms with van der Waals surface area (Å²) in [7, 11) is 0. The van der Waals surface area contributed by atoms with Gasteiger partial charge in [-0.15, -0.1) is 0 Å². The summed E-state index contributed by atoms with van der Waals surface area (Å²) in [6, 6.07) is 9.62. The summed E-state index contributed by atoms with van der Waals surface area (Å²) in [6.07, 6.45) is -2.43. The SMILES string of the molecule is O=C1O[C@@H]2C[C@@H](CO)OC(OCc3ccccc3)[C@@H]2O1. The van der Waals surface area contributed by atoms with E-state index in [0.717, 1.165) is 5.56 Å². The highest BCUT2D eigenvalue weighted by atomic mass is 16.8. The molecule has 1 N–H and O–H groups in total. The minimum Gasteiger partial charge on any atom is -0.427 e. The maximum atomic E-state index is 11.2. The maximum absolute atomic E-state index is 11.2. The molecule has 1 unspecified atom stereocenters. The number of rotatable bonds is 4. The number of aliphatic hydroxyl groups is 1. The third kappa shape index (κ3) is 2.77. The van der Waals surface area contributed by atoms with Crippen LogP contribution in [-0.2, 0) is 25.6 Å². The van der Waals surface area contributed by atoms with Crippen molar-refractivity contribution in [1.29, 1.82) is 0 Å². The summed E-state index contributed by atoms with van der Waals surface area (Å²) in [4.78, 5) is 11.2. The van der Waals surface area contributed by atoms with Crippen LogP contribution in [-0.4, -0.2) is 42.5 Å².